The number of alkyl halides is 2. The highest BCUT2D eigenvalue weighted by molar-refractivity contribution is 7.99. The van der Waals surface area contributed by atoms with Gasteiger partial charge in [-0.15, -0.1) is 0 Å². The zero-order chi connectivity index (χ0) is 83.5. The van der Waals surface area contributed by atoms with Crippen LogP contribution in [0, 0.1) is 0 Å². The third kappa shape index (κ3) is 20.4. The van der Waals surface area contributed by atoms with E-state index < -0.39 is 342 Å². The van der Waals surface area contributed by atoms with Crippen molar-refractivity contribution < 1.29 is 224 Å². The molecule has 39 atom stereocenters. The van der Waals surface area contributed by atoms with Gasteiger partial charge in [-0.25, -0.2) is 18.7 Å². The third-order valence-electron chi connectivity index (χ3n) is 19.8. The van der Waals surface area contributed by atoms with Crippen LogP contribution in [0.2, 0.25) is 0 Å². The fraction of sp³-hybridized carbons (Fsp3) is 0.883. The number of anilines is 1. The Kier molecular flexibility index (Phi) is 31.7. The maximum absolute atomic E-state index is 14.9. The maximum Gasteiger partial charge on any atom is 0.475 e. The molecular weight excluding hydrogens is 1610 g/mol. The Bertz CT molecular complexity index is 3420. The number of nitrogens with two attached hydrogens (primary N) is 1. The first-order chi connectivity index (χ1) is 53.8. The molecule has 22 aliphatic rings. The van der Waals surface area contributed by atoms with E-state index in [2.05, 4.69) is 29.4 Å². The molecular formula is C60H94F2N5O45PS. The normalized spacial score (nSPS) is 45.0. The Balaban J connectivity index is 0.794. The molecule has 1 amide bonds. The summed E-state index contributed by atoms with van der Waals surface area (Å²) >= 11 is 0.834. The van der Waals surface area contributed by atoms with E-state index in [1.54, 1.807) is 0 Å². The molecule has 114 heavy (non-hydrogen) atoms. The number of halogens is 2. The van der Waals surface area contributed by atoms with Gasteiger partial charge >= 0.3 is 31.4 Å². The molecule has 22 aliphatic heterocycles. The van der Waals surface area contributed by atoms with E-state index in [-0.39, 0.29) is 11.6 Å². The van der Waals surface area contributed by atoms with E-state index >= 15 is 0 Å². The number of hydrogen-bond donors (Lipinski definition) is 24. The molecule has 50 nitrogen and oxygen atoms in total. The van der Waals surface area contributed by atoms with E-state index in [9.17, 15) is 140 Å². The Hall–Kier alpha value is -4.03. The molecule has 14 unspecified atom stereocenters. The molecule has 0 saturated carbocycles. The molecule has 1 aromatic rings. The van der Waals surface area contributed by atoms with E-state index in [1.807, 2.05) is 0 Å². The number of thioether (sulfide) groups is 1. The number of nitrogens with one attached hydrogen (secondary N) is 2. The van der Waals surface area contributed by atoms with Crippen molar-refractivity contribution in [1.29, 1.82) is 0 Å². The topological polar surface area (TPSA) is 753 Å². The number of amides is 1. The van der Waals surface area contributed by atoms with Crippen molar-refractivity contribution >= 4 is 43.2 Å². The summed E-state index contributed by atoms with van der Waals surface area (Å²) in [6, 6.07) is -0.209. The first-order valence-electron chi connectivity index (χ1n) is 35.2. The van der Waals surface area contributed by atoms with Crippen LogP contribution in [0.15, 0.2) is 17.1 Å². The minimum absolute atomic E-state index is 0.263. The SMILES string of the molecule is CN[C@H](CSCC1O[C@H]2O[C@@H]3C(CO)O[C@H](O[C@@H]4C(CO)O[C@H](O[C@@H]5C(CO)O[C@H](O[C@@H]6C(C)O[C@H](O[C@]7(O)CO[C@@H](O[C@@H]8C(CO)O[C@@H](O[C@H]1[C@H](O)C2O)C(O)[C@H]8O)C(O)[C@H]7O)C(O)[C@H]6O)C(O)[C@H]5O)C(O)[C@H]4O)C(O)[C@H]3O)C(=O)NCCC(=O)OCC(=O)OCOP(=O)(O)OC[C@H]1O[C@@H](n2ccc(N)nc2=O)C(F)(F)[C@@H]1O. The van der Waals surface area contributed by atoms with Crippen LogP contribution in [0.25, 0.3) is 0 Å². The van der Waals surface area contributed by atoms with Crippen LogP contribution >= 0.6 is 19.6 Å². The van der Waals surface area contributed by atoms with Crippen LogP contribution in [-0.4, -0.2) is 445 Å². The second kappa shape index (κ2) is 39.2. The summed E-state index contributed by atoms with van der Waals surface area (Å²) in [4.78, 5) is 63.9. The molecule has 22 saturated heterocycles. The number of likely N-dealkylation sites (N-methyl/N-ethyl adjacent to an activating group) is 1. The van der Waals surface area contributed by atoms with Gasteiger partial charge in [0.05, 0.1) is 57.7 Å². The molecule has 54 heteroatoms. The number of phosphoric ester groups is 1. The smallest absolute Gasteiger partial charge is 0.454 e. The van der Waals surface area contributed by atoms with Crippen molar-refractivity contribution in [2.75, 3.05) is 83.9 Å². The summed E-state index contributed by atoms with van der Waals surface area (Å²) in [5.74, 6) is -11.6. The predicted molar refractivity (Wildman–Crippen MR) is 349 cm³/mol. The Labute approximate surface area is 644 Å². The summed E-state index contributed by atoms with van der Waals surface area (Å²) in [7, 11) is -3.93. The first kappa shape index (κ1) is 92.3. The van der Waals surface area contributed by atoms with E-state index in [0.29, 0.717) is 4.57 Å². The number of nitrogen functional groups attached to an aromatic ring is 1. The van der Waals surface area contributed by atoms with Crippen LogP contribution < -0.4 is 22.1 Å². The zero-order valence-corrected chi connectivity index (χ0v) is 61.5. The second-order valence-electron chi connectivity index (χ2n) is 27.5. The minimum atomic E-state index is -5.26. The number of aromatic nitrogens is 2. The van der Waals surface area contributed by atoms with Crippen molar-refractivity contribution in [3.05, 3.63) is 22.7 Å². The number of phosphoric acid groups is 1. The monoisotopic (exact) mass is 1710 g/mol. The van der Waals surface area contributed by atoms with E-state index in [4.69, 9.17) is 81.5 Å². The third-order valence-corrected chi connectivity index (χ3v) is 21.9. The minimum Gasteiger partial charge on any atom is -0.454 e. The van der Waals surface area contributed by atoms with E-state index in [0.717, 1.165) is 24.0 Å². The lowest BCUT2D eigenvalue weighted by Gasteiger charge is -2.50. The van der Waals surface area contributed by atoms with Gasteiger partial charge in [0.1, 0.15) is 165 Å². The highest BCUT2D eigenvalue weighted by Gasteiger charge is 2.63. The number of ether oxygens (including phenoxy) is 17. The molecule has 23 heterocycles. The fourth-order valence-corrected chi connectivity index (χ4v) is 15.2. The fourth-order valence-electron chi connectivity index (χ4n) is 13.4. The van der Waals surface area contributed by atoms with Crippen molar-refractivity contribution in [3.8, 4) is 0 Å². The van der Waals surface area contributed by atoms with Gasteiger partial charge in [-0.2, -0.15) is 25.5 Å². The number of esters is 2. The molecule has 22 fully saturated rings. The number of carbonyl (C=O) groups is 3. The lowest BCUT2D eigenvalue weighted by Crippen LogP contribution is -2.69. The maximum atomic E-state index is 14.9. The lowest BCUT2D eigenvalue weighted by atomic mass is 9.95. The number of carbonyl (C=O) groups excluding carboxylic acids is 3. The van der Waals surface area contributed by atoms with Gasteiger partial charge in [-0.05, 0) is 20.0 Å². The van der Waals surface area contributed by atoms with Gasteiger partial charge in [-0.3, -0.25) is 18.7 Å². The summed E-state index contributed by atoms with van der Waals surface area (Å²) in [5.41, 5.74) is 4.10. The highest BCUT2D eigenvalue weighted by Crippen LogP contribution is 2.48. The van der Waals surface area contributed by atoms with Gasteiger partial charge in [0, 0.05) is 24.2 Å². The molecule has 14 bridgehead atoms. The highest BCUT2D eigenvalue weighted by atomic mass is 32.2. The molecule has 0 aliphatic carbocycles. The van der Waals surface area contributed by atoms with Gasteiger partial charge in [0.15, 0.2) is 56.7 Å². The van der Waals surface area contributed by atoms with E-state index in [1.165, 1.54) is 14.0 Å². The van der Waals surface area contributed by atoms with Crippen LogP contribution in [0.4, 0.5) is 14.6 Å². The summed E-state index contributed by atoms with van der Waals surface area (Å²) in [6.45, 7) is -8.57. The van der Waals surface area contributed by atoms with Crippen molar-refractivity contribution in [2.24, 2.45) is 0 Å². The average Bonchev–Trinajstić information content (AvgIpc) is 1.61. The second-order valence-corrected chi connectivity index (χ2v) is 30.0. The number of rotatable bonds is 22. The lowest BCUT2D eigenvalue weighted by molar-refractivity contribution is -0.431. The average molecular weight is 1710 g/mol. The first-order valence-corrected chi connectivity index (χ1v) is 37.8. The summed E-state index contributed by atoms with van der Waals surface area (Å²) < 4.78 is 147. The molecule has 0 spiro atoms. The standard InChI is InChI=1S/C60H94F2N5O45PS/c1-17-41-28(74)39(85)56(99-17)112-59(91)15-95-50(40(86)48(59)88)107-42-19(7-68)101-54(35(81)29(42)75)111-46-24(14-114-13-18(64-2)49(89)65-5-3-26(72)94-12-27(73)96-16-98-113(92,93)97-11-23-47(87)60(61,62)57(105-23)67-6-4-25(63)66-58(67)90)104-55(38(84)33(46)79)110-45-22(10-71)103-53(37(83)32(45)78)109-44-21(9-70)102-52(36(82)31(44)77)108-43-20(8-69)100-51(106-41)34(80)30(43)76/h4,6,17-24,28-48,50-57,64,68-71,74-88,91H,3,5,7-16H2,1-2H3,(H,65,89)(H,92,93)(H2,63,66,90)/t17?,18-,19?,20?,21?,22?,23-,24?,28-,29-,30-,31-,32-,33-,34?,35?,36?,37?,38?,39?,40?,41-,42-,43-,44-,45-,46-,47-,48-,50+,51-,52-,53-,54+,55+,56-,57-,59-/m1/s1. The Morgan fingerprint density at radius 3 is 1.49 bits per heavy atom. The van der Waals surface area contributed by atoms with Crippen molar-refractivity contribution in [3.63, 3.8) is 0 Å². The van der Waals surface area contributed by atoms with Gasteiger partial charge in [0.2, 0.25) is 24.7 Å². The van der Waals surface area contributed by atoms with Gasteiger partial charge < -0.3 is 204 Å². The molecule has 1 aromatic heterocycles. The van der Waals surface area contributed by atoms with Crippen molar-refractivity contribution in [1.82, 2.24) is 20.2 Å². The largest absolute Gasteiger partial charge is 0.475 e. The molecule has 0 aromatic carbocycles. The van der Waals surface area contributed by atoms with Crippen LogP contribution in [-0.2, 0) is 109 Å². The summed E-state index contributed by atoms with van der Waals surface area (Å²) in [6.07, 6.45) is -75.7. The quantitative estimate of drug-likeness (QED) is 0.0291. The molecule has 654 valence electrons. The summed E-state index contributed by atoms with van der Waals surface area (Å²) in [5, 5.41) is 231. The zero-order valence-electron chi connectivity index (χ0n) is 59.8. The van der Waals surface area contributed by atoms with Gasteiger partial charge in [-0.1, -0.05) is 0 Å². The number of hydrogen-bond acceptors (Lipinski definition) is 48. The predicted octanol–water partition coefficient (Wildman–Crippen LogP) is -15.5. The van der Waals surface area contributed by atoms with Crippen molar-refractivity contribution in [2.45, 2.75) is 252 Å². The Morgan fingerprint density at radius 2 is 1.03 bits per heavy atom. The van der Waals surface area contributed by atoms with Crippen LogP contribution in [0.3, 0.4) is 0 Å². The van der Waals surface area contributed by atoms with Gasteiger partial charge in [0.25, 0.3) is 0 Å². The number of aliphatic hydroxyl groups excluding tert-OH is 19. The van der Waals surface area contributed by atoms with Crippen LogP contribution in [0.5, 0.6) is 0 Å². The Morgan fingerprint density at radius 1 is 0.588 bits per heavy atom. The molecule has 0 radical (unpaired) electrons. The van der Waals surface area contributed by atoms with Crippen LogP contribution in [0.1, 0.15) is 19.6 Å². The molecule has 23 rings (SSSR count). The number of aliphatic hydroxyl groups is 20. The molecule has 25 N–H and O–H groups in total. The number of nitrogens with zero attached hydrogens (tertiary/aromatic N) is 2.